The number of benzene rings is 1. The first-order valence-electron chi connectivity index (χ1n) is 8.04. The summed E-state index contributed by atoms with van der Waals surface area (Å²) in [6.45, 7) is 3.73. The Hall–Kier alpha value is -3.09. The molecule has 0 spiro atoms. The molecule has 0 aliphatic carbocycles. The number of fused-ring (bicyclic) bond motifs is 1. The van der Waals surface area contributed by atoms with Crippen molar-refractivity contribution >= 4 is 22.9 Å². The molecule has 1 amide bonds. The highest BCUT2D eigenvalue weighted by atomic mass is 16.6. The smallest absolute Gasteiger partial charge is 0.406 e. The Labute approximate surface area is 146 Å². The van der Waals surface area contributed by atoms with Gasteiger partial charge in [-0.25, -0.2) is 14.8 Å². The number of carbonyl (C=O) groups is 1. The summed E-state index contributed by atoms with van der Waals surface area (Å²) in [5.74, 6) is 0.353. The van der Waals surface area contributed by atoms with Crippen LogP contribution in [0, 0.1) is 0 Å². The molecule has 0 radical (unpaired) electrons. The molecule has 0 bridgehead atoms. The number of rotatable bonds is 4. The Morgan fingerprint density at radius 2 is 2.12 bits per heavy atom. The van der Waals surface area contributed by atoms with Crippen molar-refractivity contribution < 1.29 is 9.53 Å². The summed E-state index contributed by atoms with van der Waals surface area (Å²) >= 11 is 0. The number of hydrogen-bond donors (Lipinski definition) is 2. The van der Waals surface area contributed by atoms with Gasteiger partial charge in [-0.05, 0) is 26.0 Å². The molecule has 0 saturated carbocycles. The average molecular weight is 339 g/mol. The first-order chi connectivity index (χ1) is 11.9. The van der Waals surface area contributed by atoms with Crippen molar-refractivity contribution in [1.29, 1.82) is 0 Å². The van der Waals surface area contributed by atoms with E-state index in [1.807, 2.05) is 57.1 Å². The van der Waals surface area contributed by atoms with Crippen LogP contribution in [0.2, 0.25) is 0 Å². The van der Waals surface area contributed by atoms with Crippen LogP contribution in [0.1, 0.15) is 13.8 Å². The topological polar surface area (TPSA) is 83.1 Å². The second-order valence-corrected chi connectivity index (χ2v) is 6.24. The summed E-state index contributed by atoms with van der Waals surface area (Å²) in [5, 5.41) is 2.68. The van der Waals surface area contributed by atoms with Gasteiger partial charge in [0.2, 0.25) is 0 Å². The van der Waals surface area contributed by atoms with Gasteiger partial charge in [0.1, 0.15) is 0 Å². The molecule has 7 heteroatoms. The van der Waals surface area contributed by atoms with Crippen LogP contribution in [0.15, 0.2) is 36.7 Å². The van der Waals surface area contributed by atoms with Gasteiger partial charge in [-0.15, -0.1) is 0 Å². The van der Waals surface area contributed by atoms with Crippen molar-refractivity contribution in [2.75, 3.05) is 19.0 Å². The minimum Gasteiger partial charge on any atom is -0.406 e. The standard InChI is InChI=1S/C18H21N5O2/c1-11(2)21-18(24)25-15-10-20-17-16(15)22-14(9-19-17)12-6-5-7-13(8-12)23(3)4/h5-11H,1-4H3,(H,19,20)(H,21,24). The summed E-state index contributed by atoms with van der Waals surface area (Å²) in [7, 11) is 3.97. The molecule has 2 heterocycles. The molecule has 2 aromatic heterocycles. The summed E-state index contributed by atoms with van der Waals surface area (Å²) < 4.78 is 5.34. The van der Waals surface area contributed by atoms with Crippen LogP contribution in [0.4, 0.5) is 10.5 Å². The van der Waals surface area contributed by atoms with Crippen molar-refractivity contribution in [3.05, 3.63) is 36.7 Å². The average Bonchev–Trinajstić information content (AvgIpc) is 2.96. The molecule has 2 N–H and O–H groups in total. The Morgan fingerprint density at radius 3 is 2.84 bits per heavy atom. The molecule has 0 saturated heterocycles. The van der Waals surface area contributed by atoms with Gasteiger partial charge in [-0.3, -0.25) is 0 Å². The van der Waals surface area contributed by atoms with E-state index in [1.165, 1.54) is 0 Å². The lowest BCUT2D eigenvalue weighted by molar-refractivity contribution is 0.198. The summed E-state index contributed by atoms with van der Waals surface area (Å²) in [4.78, 5) is 25.8. The fourth-order valence-corrected chi connectivity index (χ4v) is 2.39. The van der Waals surface area contributed by atoms with E-state index in [0.717, 1.165) is 11.3 Å². The van der Waals surface area contributed by atoms with Gasteiger partial charge < -0.3 is 19.9 Å². The zero-order chi connectivity index (χ0) is 18.0. The Bertz CT molecular complexity index is 901. The first-order valence-corrected chi connectivity index (χ1v) is 8.04. The lowest BCUT2D eigenvalue weighted by atomic mass is 10.1. The molecule has 0 fully saturated rings. The van der Waals surface area contributed by atoms with Gasteiger partial charge in [0.15, 0.2) is 16.9 Å². The van der Waals surface area contributed by atoms with Gasteiger partial charge in [-0.1, -0.05) is 12.1 Å². The van der Waals surface area contributed by atoms with Crippen molar-refractivity contribution in [3.8, 4) is 17.0 Å². The Balaban J connectivity index is 1.95. The molecule has 3 aromatic rings. The molecule has 3 rings (SSSR count). The monoisotopic (exact) mass is 339 g/mol. The van der Waals surface area contributed by atoms with Crippen LogP contribution in [-0.4, -0.2) is 41.2 Å². The second kappa shape index (κ2) is 6.80. The molecule has 130 valence electrons. The second-order valence-electron chi connectivity index (χ2n) is 6.24. The summed E-state index contributed by atoms with van der Waals surface area (Å²) in [5.41, 5.74) is 3.82. The summed E-state index contributed by atoms with van der Waals surface area (Å²) in [6, 6.07) is 8.00. The quantitative estimate of drug-likeness (QED) is 0.763. The van der Waals surface area contributed by atoms with Crippen molar-refractivity contribution in [2.24, 2.45) is 0 Å². The summed E-state index contributed by atoms with van der Waals surface area (Å²) in [6.07, 6.45) is 2.77. The maximum Gasteiger partial charge on any atom is 0.412 e. The van der Waals surface area contributed by atoms with Crippen molar-refractivity contribution in [2.45, 2.75) is 19.9 Å². The predicted octanol–water partition coefficient (Wildman–Crippen LogP) is 3.19. The number of nitrogens with zero attached hydrogens (tertiary/aromatic N) is 3. The van der Waals surface area contributed by atoms with E-state index in [-0.39, 0.29) is 6.04 Å². The van der Waals surface area contributed by atoms with Gasteiger partial charge >= 0.3 is 6.09 Å². The third kappa shape index (κ3) is 3.71. The van der Waals surface area contributed by atoms with Crippen molar-refractivity contribution in [3.63, 3.8) is 0 Å². The Morgan fingerprint density at radius 1 is 1.32 bits per heavy atom. The molecule has 0 aliphatic rings. The first kappa shape index (κ1) is 16.8. The lowest BCUT2D eigenvalue weighted by Crippen LogP contribution is -2.32. The largest absolute Gasteiger partial charge is 0.412 e. The van der Waals surface area contributed by atoms with Gasteiger partial charge in [0.25, 0.3) is 0 Å². The number of nitrogens with one attached hydrogen (secondary N) is 2. The molecular formula is C18H21N5O2. The van der Waals surface area contributed by atoms with E-state index in [2.05, 4.69) is 20.3 Å². The van der Waals surface area contributed by atoms with E-state index in [1.54, 1.807) is 12.4 Å². The van der Waals surface area contributed by atoms with E-state index in [0.29, 0.717) is 22.6 Å². The van der Waals surface area contributed by atoms with Crippen LogP contribution in [0.25, 0.3) is 22.4 Å². The van der Waals surface area contributed by atoms with E-state index < -0.39 is 6.09 Å². The zero-order valence-electron chi connectivity index (χ0n) is 14.7. The molecular weight excluding hydrogens is 318 g/mol. The van der Waals surface area contributed by atoms with Gasteiger partial charge in [-0.2, -0.15) is 0 Å². The van der Waals surface area contributed by atoms with Crippen LogP contribution in [0.5, 0.6) is 5.75 Å². The minimum atomic E-state index is -0.516. The number of amides is 1. The number of anilines is 1. The third-order valence-electron chi connectivity index (χ3n) is 3.61. The maximum atomic E-state index is 11.8. The van der Waals surface area contributed by atoms with Crippen LogP contribution in [-0.2, 0) is 0 Å². The molecule has 0 aliphatic heterocycles. The number of aromatic nitrogens is 3. The predicted molar refractivity (Wildman–Crippen MR) is 97.9 cm³/mol. The molecule has 0 unspecified atom stereocenters. The van der Waals surface area contributed by atoms with Crippen LogP contribution in [0.3, 0.4) is 0 Å². The number of ether oxygens (including phenoxy) is 1. The SMILES string of the molecule is CC(C)NC(=O)Oc1c[nH]c2ncc(-c3cccc(N(C)C)c3)nc12. The van der Waals surface area contributed by atoms with E-state index in [4.69, 9.17) is 4.74 Å². The number of hydrogen-bond acceptors (Lipinski definition) is 5. The number of carbonyl (C=O) groups excluding carboxylic acids is 1. The zero-order valence-corrected chi connectivity index (χ0v) is 14.7. The van der Waals surface area contributed by atoms with Crippen LogP contribution >= 0.6 is 0 Å². The lowest BCUT2D eigenvalue weighted by Gasteiger charge is -2.13. The minimum absolute atomic E-state index is 0.00637. The third-order valence-corrected chi connectivity index (χ3v) is 3.61. The fraction of sp³-hybridized carbons (Fsp3) is 0.278. The number of aromatic amines is 1. The molecule has 0 atom stereocenters. The number of H-pyrrole nitrogens is 1. The highest BCUT2D eigenvalue weighted by Crippen LogP contribution is 2.27. The van der Waals surface area contributed by atoms with Crippen molar-refractivity contribution in [1.82, 2.24) is 20.3 Å². The van der Waals surface area contributed by atoms with Gasteiger partial charge in [0.05, 0.1) is 11.9 Å². The Kier molecular flexibility index (Phi) is 4.56. The molecule has 25 heavy (non-hydrogen) atoms. The normalized spacial score (nSPS) is 10.9. The van der Waals surface area contributed by atoms with Crippen LogP contribution < -0.4 is 15.0 Å². The van der Waals surface area contributed by atoms with Gasteiger partial charge in [0, 0.05) is 37.6 Å². The fourth-order valence-electron chi connectivity index (χ4n) is 2.39. The maximum absolute atomic E-state index is 11.8. The molecule has 1 aromatic carbocycles. The van der Waals surface area contributed by atoms with E-state index >= 15 is 0 Å². The molecule has 7 nitrogen and oxygen atoms in total. The highest BCUT2D eigenvalue weighted by molar-refractivity contribution is 5.84. The highest BCUT2D eigenvalue weighted by Gasteiger charge is 2.14. The van der Waals surface area contributed by atoms with E-state index in [9.17, 15) is 4.79 Å².